The SMILES string of the molecule is CCC[C@@H]1c2cccn2CCN1C(=O)Nc1cccc(SC)c1. The largest absolute Gasteiger partial charge is 0.348 e. The van der Waals surface area contributed by atoms with E-state index in [1.165, 1.54) is 5.69 Å². The van der Waals surface area contributed by atoms with Crippen molar-refractivity contribution in [1.29, 1.82) is 0 Å². The zero-order valence-corrected chi connectivity index (χ0v) is 14.5. The molecule has 2 aromatic rings. The topological polar surface area (TPSA) is 37.3 Å². The summed E-state index contributed by atoms with van der Waals surface area (Å²) >= 11 is 1.68. The third-order valence-electron chi connectivity index (χ3n) is 4.31. The van der Waals surface area contributed by atoms with Crippen molar-refractivity contribution in [3.05, 3.63) is 48.3 Å². The third kappa shape index (κ3) is 3.39. The second kappa shape index (κ2) is 7.13. The summed E-state index contributed by atoms with van der Waals surface area (Å²) in [5.41, 5.74) is 2.10. The summed E-state index contributed by atoms with van der Waals surface area (Å²) in [6.45, 7) is 3.78. The number of thioether (sulfide) groups is 1. The zero-order valence-electron chi connectivity index (χ0n) is 13.7. The van der Waals surface area contributed by atoms with Crippen molar-refractivity contribution in [2.75, 3.05) is 18.1 Å². The van der Waals surface area contributed by atoms with Gasteiger partial charge in [-0.3, -0.25) is 0 Å². The predicted octanol–water partition coefficient (Wildman–Crippen LogP) is 4.60. The Balaban J connectivity index is 1.78. The first-order chi connectivity index (χ1) is 11.2. The zero-order chi connectivity index (χ0) is 16.2. The highest BCUT2D eigenvalue weighted by Crippen LogP contribution is 2.30. The van der Waals surface area contributed by atoms with Crippen LogP contribution in [0.3, 0.4) is 0 Å². The molecule has 0 spiro atoms. The van der Waals surface area contributed by atoms with Crippen molar-refractivity contribution in [1.82, 2.24) is 9.47 Å². The Morgan fingerprint density at radius 2 is 2.17 bits per heavy atom. The number of anilines is 1. The fourth-order valence-corrected chi connectivity index (χ4v) is 3.64. The third-order valence-corrected chi connectivity index (χ3v) is 5.03. The quantitative estimate of drug-likeness (QED) is 0.832. The normalized spacial score (nSPS) is 17.0. The Kier molecular flexibility index (Phi) is 4.96. The Morgan fingerprint density at radius 1 is 1.30 bits per heavy atom. The number of carbonyl (C=O) groups excluding carboxylic acids is 1. The lowest BCUT2D eigenvalue weighted by Crippen LogP contribution is -2.44. The van der Waals surface area contributed by atoms with E-state index >= 15 is 0 Å². The van der Waals surface area contributed by atoms with E-state index in [-0.39, 0.29) is 12.1 Å². The number of fused-ring (bicyclic) bond motifs is 1. The Morgan fingerprint density at radius 3 is 2.96 bits per heavy atom. The van der Waals surface area contributed by atoms with Gasteiger partial charge in [0.1, 0.15) is 0 Å². The van der Waals surface area contributed by atoms with E-state index in [9.17, 15) is 4.79 Å². The van der Waals surface area contributed by atoms with Gasteiger partial charge in [0.05, 0.1) is 6.04 Å². The van der Waals surface area contributed by atoms with Crippen molar-refractivity contribution >= 4 is 23.5 Å². The van der Waals surface area contributed by atoms with Crippen LogP contribution >= 0.6 is 11.8 Å². The highest BCUT2D eigenvalue weighted by molar-refractivity contribution is 7.98. The summed E-state index contributed by atoms with van der Waals surface area (Å²) in [5.74, 6) is 0. The molecule has 0 saturated carbocycles. The summed E-state index contributed by atoms with van der Waals surface area (Å²) in [7, 11) is 0. The average molecular weight is 329 g/mol. The first kappa shape index (κ1) is 16.0. The number of hydrogen-bond donors (Lipinski definition) is 1. The number of aromatic nitrogens is 1. The van der Waals surface area contributed by atoms with Crippen LogP contribution in [-0.2, 0) is 6.54 Å². The lowest BCUT2D eigenvalue weighted by molar-refractivity contribution is 0.163. The molecule has 3 rings (SSSR count). The van der Waals surface area contributed by atoms with E-state index in [0.717, 1.165) is 36.5 Å². The number of nitrogens with one attached hydrogen (secondary N) is 1. The molecular formula is C18H23N3OS. The van der Waals surface area contributed by atoms with Crippen LogP contribution in [0.4, 0.5) is 10.5 Å². The molecule has 1 aromatic carbocycles. The monoisotopic (exact) mass is 329 g/mol. The molecule has 1 aromatic heterocycles. The number of carbonyl (C=O) groups is 1. The molecule has 0 radical (unpaired) electrons. The van der Waals surface area contributed by atoms with Crippen LogP contribution in [0.15, 0.2) is 47.5 Å². The fraction of sp³-hybridized carbons (Fsp3) is 0.389. The number of nitrogens with zero attached hydrogens (tertiary/aromatic N) is 2. The molecule has 0 aliphatic carbocycles. The lowest BCUT2D eigenvalue weighted by atomic mass is 10.0. The molecule has 2 heterocycles. The van der Waals surface area contributed by atoms with Gasteiger partial charge in [0.2, 0.25) is 0 Å². The van der Waals surface area contributed by atoms with Gasteiger partial charge in [-0.05, 0) is 43.0 Å². The fourth-order valence-electron chi connectivity index (χ4n) is 3.18. The van der Waals surface area contributed by atoms with Crippen molar-refractivity contribution in [2.24, 2.45) is 0 Å². The predicted molar refractivity (Wildman–Crippen MR) is 96.0 cm³/mol. The van der Waals surface area contributed by atoms with Crippen LogP contribution in [0.5, 0.6) is 0 Å². The molecule has 0 saturated heterocycles. The average Bonchev–Trinajstić information content (AvgIpc) is 3.04. The van der Waals surface area contributed by atoms with Crippen LogP contribution in [0.2, 0.25) is 0 Å². The molecule has 5 heteroatoms. The van der Waals surface area contributed by atoms with Gasteiger partial charge in [0.15, 0.2) is 0 Å². The number of benzene rings is 1. The summed E-state index contributed by atoms with van der Waals surface area (Å²) in [4.78, 5) is 15.9. The minimum absolute atomic E-state index is 0.00541. The summed E-state index contributed by atoms with van der Waals surface area (Å²) < 4.78 is 2.26. The van der Waals surface area contributed by atoms with Crippen molar-refractivity contribution < 1.29 is 4.79 Å². The van der Waals surface area contributed by atoms with Crippen LogP contribution in [0.1, 0.15) is 31.5 Å². The van der Waals surface area contributed by atoms with Crippen LogP contribution in [0.25, 0.3) is 0 Å². The van der Waals surface area contributed by atoms with Gasteiger partial charge < -0.3 is 14.8 Å². The van der Waals surface area contributed by atoms with Crippen LogP contribution < -0.4 is 5.32 Å². The molecule has 1 aliphatic rings. The Labute approximate surface area is 141 Å². The molecule has 23 heavy (non-hydrogen) atoms. The first-order valence-electron chi connectivity index (χ1n) is 8.09. The Bertz CT molecular complexity index is 682. The van der Waals surface area contributed by atoms with Crippen molar-refractivity contribution in [3.63, 3.8) is 0 Å². The number of rotatable bonds is 4. The van der Waals surface area contributed by atoms with Gasteiger partial charge in [-0.1, -0.05) is 19.4 Å². The maximum atomic E-state index is 12.8. The minimum Gasteiger partial charge on any atom is -0.348 e. The minimum atomic E-state index is -0.00541. The van der Waals surface area contributed by atoms with E-state index < -0.39 is 0 Å². The molecule has 4 nitrogen and oxygen atoms in total. The van der Waals surface area contributed by atoms with E-state index in [0.29, 0.717) is 0 Å². The van der Waals surface area contributed by atoms with E-state index in [1.54, 1.807) is 11.8 Å². The molecule has 0 bridgehead atoms. The highest BCUT2D eigenvalue weighted by atomic mass is 32.2. The molecule has 0 fully saturated rings. The van der Waals surface area contributed by atoms with Gasteiger partial charge in [0.25, 0.3) is 0 Å². The van der Waals surface area contributed by atoms with E-state index in [2.05, 4.69) is 35.1 Å². The summed E-state index contributed by atoms with van der Waals surface area (Å²) in [5, 5.41) is 3.06. The molecule has 2 amide bonds. The van der Waals surface area contributed by atoms with Crippen molar-refractivity contribution in [2.45, 2.75) is 37.2 Å². The van der Waals surface area contributed by atoms with Crippen LogP contribution in [-0.4, -0.2) is 28.3 Å². The van der Waals surface area contributed by atoms with Gasteiger partial charge in [0, 0.05) is 35.6 Å². The van der Waals surface area contributed by atoms with Gasteiger partial charge >= 0.3 is 6.03 Å². The summed E-state index contributed by atoms with van der Waals surface area (Å²) in [6.07, 6.45) is 6.19. The van der Waals surface area contributed by atoms with Gasteiger partial charge in [-0.15, -0.1) is 11.8 Å². The van der Waals surface area contributed by atoms with Crippen molar-refractivity contribution in [3.8, 4) is 0 Å². The highest BCUT2D eigenvalue weighted by Gasteiger charge is 2.30. The maximum Gasteiger partial charge on any atom is 0.322 e. The molecule has 0 unspecified atom stereocenters. The van der Waals surface area contributed by atoms with Gasteiger partial charge in [-0.2, -0.15) is 0 Å². The first-order valence-corrected chi connectivity index (χ1v) is 9.32. The molecule has 1 aliphatic heterocycles. The second-order valence-electron chi connectivity index (χ2n) is 5.79. The molecular weight excluding hydrogens is 306 g/mol. The summed E-state index contributed by atoms with van der Waals surface area (Å²) in [6, 6.07) is 12.3. The number of hydrogen-bond acceptors (Lipinski definition) is 2. The van der Waals surface area contributed by atoms with Crippen LogP contribution in [0, 0.1) is 0 Å². The standard InChI is InChI=1S/C18H23N3OS/c1-3-6-17-16-9-5-10-20(16)11-12-21(17)18(22)19-14-7-4-8-15(13-14)23-2/h4-5,7-10,13,17H,3,6,11-12H2,1-2H3,(H,19,22)/t17-/m1/s1. The molecule has 122 valence electrons. The molecule has 1 atom stereocenters. The number of urea groups is 1. The van der Waals surface area contributed by atoms with E-state index in [1.807, 2.05) is 35.4 Å². The Hall–Kier alpha value is -1.88. The second-order valence-corrected chi connectivity index (χ2v) is 6.67. The lowest BCUT2D eigenvalue weighted by Gasteiger charge is -2.37. The van der Waals surface area contributed by atoms with Gasteiger partial charge in [-0.25, -0.2) is 4.79 Å². The molecule has 1 N–H and O–H groups in total. The smallest absolute Gasteiger partial charge is 0.322 e. The van der Waals surface area contributed by atoms with E-state index in [4.69, 9.17) is 0 Å². The number of amides is 2. The maximum absolute atomic E-state index is 12.8.